The van der Waals surface area contributed by atoms with Crippen LogP contribution in [0.15, 0.2) is 182 Å². The van der Waals surface area contributed by atoms with Crippen LogP contribution < -0.4 is 4.90 Å². The molecule has 10 rings (SSSR count). The first-order chi connectivity index (χ1) is 24.3. The van der Waals surface area contributed by atoms with Gasteiger partial charge in [0.2, 0.25) is 0 Å². The fourth-order valence-corrected chi connectivity index (χ4v) is 8.84. The molecule has 10 aromatic rings. The van der Waals surface area contributed by atoms with Crippen molar-refractivity contribution in [3.05, 3.63) is 182 Å². The second kappa shape index (κ2) is 11.2. The summed E-state index contributed by atoms with van der Waals surface area (Å²) in [6.07, 6.45) is 0. The smallest absolute Gasteiger partial charge is 0.0561 e. The Morgan fingerprint density at radius 1 is 0.408 bits per heavy atom. The summed E-state index contributed by atoms with van der Waals surface area (Å²) in [5.74, 6) is 0. The molecule has 0 spiro atoms. The molecule has 2 nitrogen and oxygen atoms in total. The van der Waals surface area contributed by atoms with Crippen LogP contribution in [0.2, 0.25) is 0 Å². The third kappa shape index (κ3) is 4.40. The maximum atomic E-state index is 2.47. The molecule has 2 aromatic heterocycles. The number of thiophene rings is 1. The third-order valence-electron chi connectivity index (χ3n) is 9.78. The van der Waals surface area contributed by atoms with Gasteiger partial charge in [0.1, 0.15) is 0 Å². The highest BCUT2D eigenvalue weighted by molar-refractivity contribution is 7.26. The van der Waals surface area contributed by atoms with Crippen LogP contribution in [0.25, 0.3) is 69.6 Å². The minimum atomic E-state index is 1.11. The average Bonchev–Trinajstić information content (AvgIpc) is 3.72. The average molecular weight is 643 g/mol. The molecular formula is C46H30N2S. The maximum absolute atomic E-state index is 2.47. The molecule has 0 unspecified atom stereocenters. The van der Waals surface area contributed by atoms with Crippen LogP contribution in [0.4, 0.5) is 17.1 Å². The molecule has 0 N–H and O–H groups in total. The number of rotatable bonds is 5. The second-order valence-corrected chi connectivity index (χ2v) is 13.6. The number of hydrogen-bond acceptors (Lipinski definition) is 2. The van der Waals surface area contributed by atoms with Crippen molar-refractivity contribution in [2.75, 3.05) is 4.90 Å². The minimum absolute atomic E-state index is 1.11. The Balaban J connectivity index is 1.29. The van der Waals surface area contributed by atoms with E-state index in [1.807, 2.05) is 11.3 Å². The van der Waals surface area contributed by atoms with E-state index in [4.69, 9.17) is 0 Å². The largest absolute Gasteiger partial charge is 0.309 e. The van der Waals surface area contributed by atoms with Crippen molar-refractivity contribution in [1.82, 2.24) is 4.57 Å². The standard InChI is InChI=1S/C46H30N2S/c1-3-14-31(15-4-1)34-18-7-10-22-41(34)48(43-24-13-21-39-37(43)28-29-40-38-20-9-12-25-45(38)49-46(39)40)33-26-27-36-35-19-8-11-23-42(35)47(44(36)30-33)32-16-5-2-6-17-32/h1-30H. The molecule has 0 radical (unpaired) electrons. The minimum Gasteiger partial charge on any atom is -0.309 e. The van der Waals surface area contributed by atoms with Crippen molar-refractivity contribution in [3.8, 4) is 16.8 Å². The first kappa shape index (κ1) is 27.9. The van der Waals surface area contributed by atoms with E-state index in [1.165, 1.54) is 63.9 Å². The van der Waals surface area contributed by atoms with Crippen molar-refractivity contribution in [3.63, 3.8) is 0 Å². The number of fused-ring (bicyclic) bond motifs is 8. The monoisotopic (exact) mass is 642 g/mol. The topological polar surface area (TPSA) is 8.17 Å². The van der Waals surface area contributed by atoms with Gasteiger partial charge in [-0.05, 0) is 54.1 Å². The van der Waals surface area contributed by atoms with E-state index < -0.39 is 0 Å². The van der Waals surface area contributed by atoms with Crippen LogP contribution in [-0.4, -0.2) is 4.57 Å². The summed E-state index contributed by atoms with van der Waals surface area (Å²) in [5.41, 5.74) is 9.32. The Morgan fingerprint density at radius 2 is 1.02 bits per heavy atom. The van der Waals surface area contributed by atoms with Gasteiger partial charge in [0.05, 0.1) is 22.4 Å². The van der Waals surface area contributed by atoms with Crippen LogP contribution >= 0.6 is 11.3 Å². The predicted octanol–water partition coefficient (Wildman–Crippen LogP) is 13.4. The molecule has 2 heterocycles. The molecule has 0 aliphatic carbocycles. The van der Waals surface area contributed by atoms with Crippen molar-refractivity contribution >= 4 is 81.1 Å². The lowest BCUT2D eigenvalue weighted by molar-refractivity contribution is 1.18. The van der Waals surface area contributed by atoms with Gasteiger partial charge in [-0.15, -0.1) is 11.3 Å². The summed E-state index contributed by atoms with van der Waals surface area (Å²) >= 11 is 1.89. The van der Waals surface area contributed by atoms with Gasteiger partial charge in [0.15, 0.2) is 0 Å². The molecule has 0 aliphatic heterocycles. The first-order valence-corrected chi connectivity index (χ1v) is 17.5. The van der Waals surface area contributed by atoms with Gasteiger partial charge in [-0.25, -0.2) is 0 Å². The Labute approximate surface area is 288 Å². The zero-order valence-electron chi connectivity index (χ0n) is 26.6. The van der Waals surface area contributed by atoms with Crippen LogP contribution in [0.3, 0.4) is 0 Å². The fraction of sp³-hybridized carbons (Fsp3) is 0. The van der Waals surface area contributed by atoms with E-state index in [9.17, 15) is 0 Å². The highest BCUT2D eigenvalue weighted by Crippen LogP contribution is 2.47. The van der Waals surface area contributed by atoms with Crippen molar-refractivity contribution in [1.29, 1.82) is 0 Å². The van der Waals surface area contributed by atoms with Crippen LogP contribution in [0.5, 0.6) is 0 Å². The van der Waals surface area contributed by atoms with Gasteiger partial charge in [-0.2, -0.15) is 0 Å². The van der Waals surface area contributed by atoms with Crippen molar-refractivity contribution in [2.24, 2.45) is 0 Å². The Kier molecular flexibility index (Phi) is 6.39. The van der Waals surface area contributed by atoms with Crippen LogP contribution in [0, 0.1) is 0 Å². The number of hydrogen-bond donors (Lipinski definition) is 0. The molecule has 0 bridgehead atoms. The van der Waals surface area contributed by atoms with Crippen LogP contribution in [-0.2, 0) is 0 Å². The fourth-order valence-electron chi connectivity index (χ4n) is 7.61. The van der Waals surface area contributed by atoms with Gasteiger partial charge in [0.25, 0.3) is 0 Å². The van der Waals surface area contributed by atoms with Gasteiger partial charge in [-0.3, -0.25) is 0 Å². The van der Waals surface area contributed by atoms with Gasteiger partial charge < -0.3 is 9.47 Å². The lowest BCUT2D eigenvalue weighted by Gasteiger charge is -2.29. The van der Waals surface area contributed by atoms with Gasteiger partial charge in [0, 0.05) is 58.7 Å². The highest BCUT2D eigenvalue weighted by atomic mass is 32.1. The lowest BCUT2D eigenvalue weighted by atomic mass is 9.99. The number of aromatic nitrogens is 1. The summed E-state index contributed by atoms with van der Waals surface area (Å²) < 4.78 is 5.05. The zero-order chi connectivity index (χ0) is 32.3. The molecule has 0 saturated heterocycles. The van der Waals surface area contributed by atoms with Gasteiger partial charge >= 0.3 is 0 Å². The number of anilines is 3. The summed E-state index contributed by atoms with van der Waals surface area (Å²) in [6, 6.07) is 66.1. The van der Waals surface area contributed by atoms with Gasteiger partial charge in [-0.1, -0.05) is 133 Å². The van der Waals surface area contributed by atoms with Crippen LogP contribution in [0.1, 0.15) is 0 Å². The maximum Gasteiger partial charge on any atom is 0.0561 e. The Hall–Kier alpha value is -6.16. The third-order valence-corrected chi connectivity index (χ3v) is 11.0. The quantitative estimate of drug-likeness (QED) is 0.181. The molecule has 49 heavy (non-hydrogen) atoms. The molecule has 3 heteroatoms. The predicted molar refractivity (Wildman–Crippen MR) is 211 cm³/mol. The molecule has 8 aromatic carbocycles. The van der Waals surface area contributed by atoms with E-state index in [-0.39, 0.29) is 0 Å². The molecule has 0 amide bonds. The highest BCUT2D eigenvalue weighted by Gasteiger charge is 2.22. The van der Waals surface area contributed by atoms with E-state index in [2.05, 4.69) is 191 Å². The van der Waals surface area contributed by atoms with E-state index >= 15 is 0 Å². The summed E-state index contributed by atoms with van der Waals surface area (Å²) in [7, 11) is 0. The molecule has 0 fully saturated rings. The first-order valence-electron chi connectivity index (χ1n) is 16.7. The van der Waals surface area contributed by atoms with Crippen molar-refractivity contribution < 1.29 is 0 Å². The number of nitrogens with zero attached hydrogens (tertiary/aromatic N) is 2. The van der Waals surface area contributed by atoms with E-state index in [1.54, 1.807) is 0 Å². The number of benzene rings is 8. The van der Waals surface area contributed by atoms with Crippen molar-refractivity contribution in [2.45, 2.75) is 0 Å². The van der Waals surface area contributed by atoms with E-state index in [0.717, 1.165) is 22.7 Å². The normalized spacial score (nSPS) is 11.7. The van der Waals surface area contributed by atoms with E-state index in [0.29, 0.717) is 0 Å². The summed E-state index contributed by atoms with van der Waals surface area (Å²) in [4.78, 5) is 2.47. The molecule has 0 aliphatic rings. The number of para-hydroxylation sites is 3. The SMILES string of the molecule is c1ccc(-c2ccccc2N(c2ccc3c4ccccc4n(-c4ccccc4)c3c2)c2cccc3c2ccc2c4ccccc4sc32)cc1. The summed E-state index contributed by atoms with van der Waals surface area (Å²) in [6.45, 7) is 0. The zero-order valence-corrected chi connectivity index (χ0v) is 27.4. The lowest BCUT2D eigenvalue weighted by Crippen LogP contribution is -2.12. The summed E-state index contributed by atoms with van der Waals surface area (Å²) in [5, 5.41) is 7.63. The molecule has 230 valence electrons. The Morgan fingerprint density at radius 3 is 1.90 bits per heavy atom. The molecule has 0 atom stereocenters. The second-order valence-electron chi connectivity index (χ2n) is 12.5. The Bertz CT molecular complexity index is 2830. The molecule has 0 saturated carbocycles. The molecular weight excluding hydrogens is 613 g/mol.